The zero-order valence-electron chi connectivity index (χ0n) is 24.6. The molecular formula is C42H29N2P. The number of benzene rings is 7. The molecule has 2 aromatic heterocycles. The van der Waals surface area contributed by atoms with Gasteiger partial charge in [0.1, 0.15) is 0 Å². The Morgan fingerprint density at radius 3 is 1.67 bits per heavy atom. The third kappa shape index (κ3) is 4.30. The van der Waals surface area contributed by atoms with Crippen LogP contribution in [0, 0.1) is 0 Å². The summed E-state index contributed by atoms with van der Waals surface area (Å²) in [4.78, 5) is 0. The van der Waals surface area contributed by atoms with E-state index in [0.29, 0.717) is 0 Å². The van der Waals surface area contributed by atoms with Crippen LogP contribution in [0.5, 0.6) is 0 Å². The van der Waals surface area contributed by atoms with Crippen LogP contribution in [-0.4, -0.2) is 9.13 Å². The summed E-state index contributed by atoms with van der Waals surface area (Å²) in [5.41, 5.74) is 6.03. The standard InChI is InChI=1S/C42H29N2P/c1-4-12-31(13-5-1)43-27-26-37-38-29-39-36-18-10-11-19-41(36)44(42(39)28-30(38)20-25-40(37)43)32-21-23-35(24-22-32)45(33-14-6-2-7-15-33)34-16-8-3-9-17-34/h1-29H. The molecule has 0 aliphatic carbocycles. The van der Waals surface area contributed by atoms with E-state index in [1.165, 1.54) is 70.8 Å². The largest absolute Gasteiger partial charge is 0.317 e. The van der Waals surface area contributed by atoms with Gasteiger partial charge in [0.05, 0.1) is 16.6 Å². The predicted octanol–water partition coefficient (Wildman–Crippen LogP) is 9.64. The lowest BCUT2D eigenvalue weighted by Crippen LogP contribution is -2.20. The zero-order valence-corrected chi connectivity index (χ0v) is 25.5. The van der Waals surface area contributed by atoms with Crippen molar-refractivity contribution in [2.24, 2.45) is 0 Å². The third-order valence-corrected chi connectivity index (χ3v) is 11.4. The summed E-state index contributed by atoms with van der Waals surface area (Å²) in [7, 11) is -0.652. The van der Waals surface area contributed by atoms with Crippen LogP contribution in [0.1, 0.15) is 0 Å². The third-order valence-electron chi connectivity index (χ3n) is 8.91. The number of hydrogen-bond donors (Lipinski definition) is 0. The summed E-state index contributed by atoms with van der Waals surface area (Å²) < 4.78 is 4.71. The summed E-state index contributed by atoms with van der Waals surface area (Å²) in [5.74, 6) is 0. The lowest BCUT2D eigenvalue weighted by atomic mass is 10.0. The molecule has 0 saturated carbocycles. The van der Waals surface area contributed by atoms with Crippen molar-refractivity contribution in [3.05, 3.63) is 176 Å². The SMILES string of the molecule is c1ccc(-n2ccc3c4cc5c6ccccc6n(-c6ccc(P(c7ccccc7)c7ccccc7)cc6)c5cc4ccc32)cc1. The van der Waals surface area contributed by atoms with Crippen molar-refractivity contribution in [2.45, 2.75) is 0 Å². The molecule has 0 unspecified atom stereocenters. The topological polar surface area (TPSA) is 9.86 Å². The van der Waals surface area contributed by atoms with Crippen LogP contribution in [0.15, 0.2) is 176 Å². The number of aromatic nitrogens is 2. The summed E-state index contributed by atoms with van der Waals surface area (Å²) in [6, 6.07) is 62.0. The second kappa shape index (κ2) is 10.6. The molecule has 0 amide bonds. The maximum Gasteiger partial charge on any atom is 0.0547 e. The normalized spacial score (nSPS) is 11.8. The molecule has 45 heavy (non-hydrogen) atoms. The average molecular weight is 593 g/mol. The molecule has 0 radical (unpaired) electrons. The van der Waals surface area contributed by atoms with Crippen molar-refractivity contribution >= 4 is 67.3 Å². The highest BCUT2D eigenvalue weighted by Crippen LogP contribution is 2.38. The Bertz CT molecular complexity index is 2420. The highest BCUT2D eigenvalue weighted by atomic mass is 31.1. The van der Waals surface area contributed by atoms with Gasteiger partial charge < -0.3 is 9.13 Å². The van der Waals surface area contributed by atoms with Gasteiger partial charge in [-0.3, -0.25) is 0 Å². The van der Waals surface area contributed by atoms with E-state index in [4.69, 9.17) is 0 Å². The van der Waals surface area contributed by atoms with Crippen LogP contribution in [0.25, 0.3) is 54.9 Å². The molecule has 212 valence electrons. The molecule has 0 saturated heterocycles. The van der Waals surface area contributed by atoms with E-state index >= 15 is 0 Å². The lowest BCUT2D eigenvalue weighted by Gasteiger charge is -2.20. The maximum absolute atomic E-state index is 2.43. The number of nitrogens with zero attached hydrogens (tertiary/aromatic N) is 2. The Morgan fingerprint density at radius 1 is 0.356 bits per heavy atom. The van der Waals surface area contributed by atoms with E-state index in [1.54, 1.807) is 0 Å². The number of rotatable bonds is 5. The van der Waals surface area contributed by atoms with Gasteiger partial charge in [0.2, 0.25) is 0 Å². The number of para-hydroxylation sites is 2. The second-order valence-corrected chi connectivity index (χ2v) is 13.7. The molecule has 2 heterocycles. The molecule has 2 nitrogen and oxygen atoms in total. The summed E-state index contributed by atoms with van der Waals surface area (Å²) in [5, 5.41) is 10.4. The molecule has 0 aliphatic rings. The van der Waals surface area contributed by atoms with Gasteiger partial charge in [0, 0.05) is 33.7 Å². The highest BCUT2D eigenvalue weighted by Gasteiger charge is 2.18. The number of hydrogen-bond acceptors (Lipinski definition) is 0. The van der Waals surface area contributed by atoms with Crippen molar-refractivity contribution in [2.75, 3.05) is 0 Å². The van der Waals surface area contributed by atoms with Crippen LogP contribution < -0.4 is 15.9 Å². The first-order chi connectivity index (χ1) is 22.3. The van der Waals surface area contributed by atoms with Crippen molar-refractivity contribution in [3.63, 3.8) is 0 Å². The van der Waals surface area contributed by atoms with Crippen LogP contribution in [0.4, 0.5) is 0 Å². The molecule has 0 fully saturated rings. The molecule has 0 atom stereocenters. The van der Waals surface area contributed by atoms with Crippen LogP contribution in [0.3, 0.4) is 0 Å². The maximum atomic E-state index is 2.43. The smallest absolute Gasteiger partial charge is 0.0547 e. The predicted molar refractivity (Wildman–Crippen MR) is 194 cm³/mol. The first-order valence-corrected chi connectivity index (χ1v) is 16.7. The Morgan fingerprint density at radius 2 is 0.956 bits per heavy atom. The summed E-state index contributed by atoms with van der Waals surface area (Å²) in [6.07, 6.45) is 2.19. The summed E-state index contributed by atoms with van der Waals surface area (Å²) in [6.45, 7) is 0. The number of fused-ring (bicyclic) bond motifs is 6. The molecule has 0 N–H and O–H groups in total. The zero-order chi connectivity index (χ0) is 29.7. The lowest BCUT2D eigenvalue weighted by molar-refractivity contribution is 1.13. The van der Waals surface area contributed by atoms with E-state index in [0.717, 1.165) is 0 Å². The van der Waals surface area contributed by atoms with Crippen LogP contribution >= 0.6 is 7.92 Å². The highest BCUT2D eigenvalue weighted by molar-refractivity contribution is 7.79. The molecule has 9 rings (SSSR count). The summed E-state index contributed by atoms with van der Waals surface area (Å²) >= 11 is 0. The van der Waals surface area contributed by atoms with E-state index in [9.17, 15) is 0 Å². The minimum absolute atomic E-state index is 0.652. The van der Waals surface area contributed by atoms with Gasteiger partial charge in [0.15, 0.2) is 0 Å². The molecule has 0 aliphatic heterocycles. The minimum atomic E-state index is -0.652. The van der Waals surface area contributed by atoms with Gasteiger partial charge >= 0.3 is 0 Å². The Balaban J connectivity index is 1.21. The first kappa shape index (κ1) is 26.0. The van der Waals surface area contributed by atoms with Gasteiger partial charge in [0.25, 0.3) is 0 Å². The second-order valence-electron chi connectivity index (χ2n) is 11.5. The van der Waals surface area contributed by atoms with Crippen molar-refractivity contribution in [1.29, 1.82) is 0 Å². The van der Waals surface area contributed by atoms with Crippen molar-refractivity contribution < 1.29 is 0 Å². The molecule has 3 heteroatoms. The molecule has 7 aromatic carbocycles. The monoisotopic (exact) mass is 592 g/mol. The van der Waals surface area contributed by atoms with Gasteiger partial charge in [-0.05, 0) is 89.2 Å². The molecular weight excluding hydrogens is 563 g/mol. The van der Waals surface area contributed by atoms with Crippen LogP contribution in [0.2, 0.25) is 0 Å². The minimum Gasteiger partial charge on any atom is -0.317 e. The van der Waals surface area contributed by atoms with Gasteiger partial charge in [-0.1, -0.05) is 115 Å². The fraction of sp³-hybridized carbons (Fsp3) is 0. The molecule has 9 aromatic rings. The first-order valence-electron chi connectivity index (χ1n) is 15.4. The van der Waals surface area contributed by atoms with E-state index in [-0.39, 0.29) is 0 Å². The van der Waals surface area contributed by atoms with E-state index < -0.39 is 7.92 Å². The van der Waals surface area contributed by atoms with Gasteiger partial charge in [-0.25, -0.2) is 0 Å². The van der Waals surface area contributed by atoms with E-state index in [2.05, 4.69) is 185 Å². The van der Waals surface area contributed by atoms with E-state index in [1.807, 2.05) is 0 Å². The quantitative estimate of drug-likeness (QED) is 0.176. The fourth-order valence-corrected chi connectivity index (χ4v) is 9.14. The Kier molecular flexibility index (Phi) is 6.14. The Labute approximate surface area is 263 Å². The Hall–Kier alpha value is -5.43. The molecule has 0 spiro atoms. The van der Waals surface area contributed by atoms with Gasteiger partial charge in [-0.2, -0.15) is 0 Å². The average Bonchev–Trinajstić information content (AvgIpc) is 3.69. The van der Waals surface area contributed by atoms with Crippen molar-refractivity contribution in [3.8, 4) is 11.4 Å². The fourth-order valence-electron chi connectivity index (χ4n) is 6.86. The van der Waals surface area contributed by atoms with Crippen LogP contribution in [-0.2, 0) is 0 Å². The molecule has 0 bridgehead atoms. The van der Waals surface area contributed by atoms with Gasteiger partial charge in [-0.15, -0.1) is 0 Å². The van der Waals surface area contributed by atoms with Crippen molar-refractivity contribution in [1.82, 2.24) is 9.13 Å².